The van der Waals surface area contributed by atoms with Crippen LogP contribution in [0.5, 0.6) is 0 Å². The van der Waals surface area contributed by atoms with Gasteiger partial charge in [0.1, 0.15) is 6.26 Å². The van der Waals surface area contributed by atoms with Gasteiger partial charge in [0.25, 0.3) is 0 Å². The Labute approximate surface area is 64.7 Å². The van der Waals surface area contributed by atoms with Crippen molar-refractivity contribution in [2.75, 3.05) is 0 Å². The van der Waals surface area contributed by atoms with Crippen LogP contribution in [-0.4, -0.2) is 0 Å². The van der Waals surface area contributed by atoms with E-state index in [9.17, 15) is 0 Å². The molecule has 62 valence electrons. The van der Waals surface area contributed by atoms with Crippen LogP contribution in [0.3, 0.4) is 0 Å². The lowest BCUT2D eigenvalue weighted by Crippen LogP contribution is -1.85. The molecular formula is C8H19NO. The number of hydrogen-bond acceptors (Lipinski definition) is 2. The number of allylic oxidation sites excluding steroid dienone is 2. The van der Waals surface area contributed by atoms with Crippen molar-refractivity contribution in [3.05, 3.63) is 38.2 Å². The van der Waals surface area contributed by atoms with E-state index in [2.05, 4.69) is 30.5 Å². The van der Waals surface area contributed by atoms with Gasteiger partial charge in [-0.1, -0.05) is 46.7 Å². The Kier molecular flexibility index (Phi) is 101. The SMILES string of the molecule is C.C.C=CC=C.C=CON. The van der Waals surface area contributed by atoms with Gasteiger partial charge in [-0.15, -0.1) is 0 Å². The molecule has 0 aromatic heterocycles. The summed E-state index contributed by atoms with van der Waals surface area (Å²) in [6.07, 6.45) is 4.43. The van der Waals surface area contributed by atoms with Crippen molar-refractivity contribution >= 4 is 0 Å². The van der Waals surface area contributed by atoms with Gasteiger partial charge in [0.15, 0.2) is 0 Å². The van der Waals surface area contributed by atoms with Crippen LogP contribution >= 0.6 is 0 Å². The monoisotopic (exact) mass is 145 g/mol. The van der Waals surface area contributed by atoms with Gasteiger partial charge in [-0.2, -0.15) is 5.90 Å². The van der Waals surface area contributed by atoms with Crippen molar-refractivity contribution in [1.82, 2.24) is 0 Å². The Morgan fingerprint density at radius 3 is 1.20 bits per heavy atom. The summed E-state index contributed by atoms with van der Waals surface area (Å²) in [6, 6.07) is 0. The van der Waals surface area contributed by atoms with E-state index in [0.717, 1.165) is 6.26 Å². The molecule has 0 saturated carbocycles. The predicted molar refractivity (Wildman–Crippen MR) is 49.3 cm³/mol. The molecular weight excluding hydrogens is 126 g/mol. The molecule has 0 aliphatic carbocycles. The minimum atomic E-state index is 0. The van der Waals surface area contributed by atoms with Crippen LogP contribution in [0.25, 0.3) is 0 Å². The maximum atomic E-state index is 4.41. The van der Waals surface area contributed by atoms with Crippen LogP contribution in [0.15, 0.2) is 38.2 Å². The molecule has 0 aromatic rings. The molecule has 0 bridgehead atoms. The minimum Gasteiger partial charge on any atom is -0.420 e. The summed E-state index contributed by atoms with van der Waals surface area (Å²) in [5.41, 5.74) is 0. The number of nitrogens with two attached hydrogens (primary N) is 1. The fourth-order valence-electron chi connectivity index (χ4n) is 0. The zero-order valence-corrected chi connectivity index (χ0v) is 4.84. The average Bonchev–Trinajstić information content (AvgIpc) is 1.88. The Bertz CT molecular complexity index is 63.7. The molecule has 0 radical (unpaired) electrons. The maximum absolute atomic E-state index is 4.41. The second-order valence-electron chi connectivity index (χ2n) is 0.774. The van der Waals surface area contributed by atoms with Crippen molar-refractivity contribution < 1.29 is 4.84 Å². The summed E-state index contributed by atoms with van der Waals surface area (Å²) in [7, 11) is 0. The summed E-state index contributed by atoms with van der Waals surface area (Å²) in [5, 5.41) is 0. The largest absolute Gasteiger partial charge is 0.420 e. The molecule has 0 fully saturated rings. The number of hydrogen-bond donors (Lipinski definition) is 1. The summed E-state index contributed by atoms with van der Waals surface area (Å²) < 4.78 is 0. The molecule has 2 nitrogen and oxygen atoms in total. The highest BCUT2D eigenvalue weighted by Crippen LogP contribution is 1.52. The Morgan fingerprint density at radius 2 is 1.20 bits per heavy atom. The third-order valence-corrected chi connectivity index (χ3v) is 0.263. The fraction of sp³-hybridized carbons (Fsp3) is 0.250. The first-order chi connectivity index (χ1) is 3.83. The van der Waals surface area contributed by atoms with Crippen molar-refractivity contribution in [2.24, 2.45) is 5.90 Å². The first-order valence-electron chi connectivity index (χ1n) is 2.03. The average molecular weight is 145 g/mol. The van der Waals surface area contributed by atoms with Gasteiger partial charge in [0.05, 0.1) is 0 Å². The van der Waals surface area contributed by atoms with Crippen LogP contribution < -0.4 is 5.90 Å². The molecule has 0 amide bonds. The quantitative estimate of drug-likeness (QED) is 0.368. The van der Waals surface area contributed by atoms with Crippen molar-refractivity contribution in [1.29, 1.82) is 0 Å². The first-order valence-corrected chi connectivity index (χ1v) is 2.03. The van der Waals surface area contributed by atoms with E-state index in [-0.39, 0.29) is 14.9 Å². The summed E-state index contributed by atoms with van der Waals surface area (Å²) in [5.74, 6) is 4.41. The van der Waals surface area contributed by atoms with Gasteiger partial charge in [0.2, 0.25) is 0 Å². The Balaban J connectivity index is -0.0000000300. The van der Waals surface area contributed by atoms with Crippen molar-refractivity contribution in [3.8, 4) is 0 Å². The van der Waals surface area contributed by atoms with E-state index >= 15 is 0 Å². The minimum absolute atomic E-state index is 0. The van der Waals surface area contributed by atoms with E-state index in [1.54, 1.807) is 12.2 Å². The summed E-state index contributed by atoms with van der Waals surface area (Å²) >= 11 is 0. The van der Waals surface area contributed by atoms with Gasteiger partial charge >= 0.3 is 0 Å². The molecule has 0 heterocycles. The lowest BCUT2D eigenvalue weighted by Gasteiger charge is -1.72. The predicted octanol–water partition coefficient (Wildman–Crippen LogP) is 2.65. The lowest BCUT2D eigenvalue weighted by molar-refractivity contribution is 0.262. The maximum Gasteiger partial charge on any atom is 0.103 e. The number of rotatable bonds is 2. The Hall–Kier alpha value is -1.02. The second kappa shape index (κ2) is 43.8. The standard InChI is InChI=1S/C4H6.C2H5NO.2CH4/c1-3-4-2;1-2-4-3;;/h3-4H,1-2H2;2H,1,3H2;2*1H4. The van der Waals surface area contributed by atoms with Gasteiger partial charge in [-0.25, -0.2) is 0 Å². The van der Waals surface area contributed by atoms with Crippen LogP contribution in [0.4, 0.5) is 0 Å². The molecule has 0 aromatic carbocycles. The molecule has 2 N–H and O–H groups in total. The summed E-state index contributed by atoms with van der Waals surface area (Å²) in [6.45, 7) is 9.85. The fourth-order valence-corrected chi connectivity index (χ4v) is 0. The van der Waals surface area contributed by atoms with E-state index < -0.39 is 0 Å². The van der Waals surface area contributed by atoms with Crippen LogP contribution in [0, 0.1) is 0 Å². The molecule has 0 spiro atoms. The molecule has 0 saturated heterocycles. The molecule has 10 heavy (non-hydrogen) atoms. The molecule has 0 atom stereocenters. The third-order valence-electron chi connectivity index (χ3n) is 0.263. The topological polar surface area (TPSA) is 35.2 Å². The highest BCUT2D eigenvalue weighted by molar-refractivity contribution is 4.88. The van der Waals surface area contributed by atoms with Crippen LogP contribution in [0.2, 0.25) is 0 Å². The molecule has 0 unspecified atom stereocenters. The van der Waals surface area contributed by atoms with Crippen LogP contribution in [-0.2, 0) is 4.84 Å². The zero-order valence-electron chi connectivity index (χ0n) is 4.84. The van der Waals surface area contributed by atoms with Crippen LogP contribution in [0.1, 0.15) is 14.9 Å². The highest BCUT2D eigenvalue weighted by Gasteiger charge is 1.35. The highest BCUT2D eigenvalue weighted by atomic mass is 16.6. The van der Waals surface area contributed by atoms with Gasteiger partial charge in [-0.3, -0.25) is 0 Å². The second-order valence-corrected chi connectivity index (χ2v) is 0.774. The zero-order chi connectivity index (χ0) is 6.83. The van der Waals surface area contributed by atoms with Gasteiger partial charge in [0, 0.05) is 0 Å². The van der Waals surface area contributed by atoms with E-state index in [1.165, 1.54) is 0 Å². The smallest absolute Gasteiger partial charge is 0.103 e. The van der Waals surface area contributed by atoms with E-state index in [4.69, 9.17) is 0 Å². The lowest BCUT2D eigenvalue weighted by atomic mass is 10.6. The summed E-state index contributed by atoms with van der Waals surface area (Å²) in [4.78, 5) is 3.81. The third kappa shape index (κ3) is 260. The van der Waals surface area contributed by atoms with Crippen molar-refractivity contribution in [3.63, 3.8) is 0 Å². The molecule has 0 rings (SSSR count). The molecule has 2 heteroatoms. The van der Waals surface area contributed by atoms with Crippen molar-refractivity contribution in [2.45, 2.75) is 14.9 Å². The molecule has 0 aliphatic rings. The van der Waals surface area contributed by atoms with E-state index in [0.29, 0.717) is 0 Å². The first kappa shape index (κ1) is 23.1. The van der Waals surface area contributed by atoms with Gasteiger partial charge in [-0.05, 0) is 0 Å². The van der Waals surface area contributed by atoms with Gasteiger partial charge < -0.3 is 4.84 Å². The molecule has 0 aliphatic heterocycles. The van der Waals surface area contributed by atoms with E-state index in [1.807, 2.05) is 0 Å². The Morgan fingerprint density at radius 1 is 1.00 bits per heavy atom. The normalized spacial score (nSPS) is 4.10.